The lowest BCUT2D eigenvalue weighted by Gasteiger charge is -2.46. The van der Waals surface area contributed by atoms with E-state index in [0.717, 1.165) is 90.0 Å². The van der Waals surface area contributed by atoms with Gasteiger partial charge in [-0.05, 0) is 145 Å². The van der Waals surface area contributed by atoms with Crippen molar-refractivity contribution in [2.45, 2.75) is 26.2 Å². The third-order valence-corrected chi connectivity index (χ3v) is 20.8. The molecule has 0 radical (unpaired) electrons. The van der Waals surface area contributed by atoms with Crippen LogP contribution in [0.5, 0.6) is 0 Å². The van der Waals surface area contributed by atoms with Crippen LogP contribution in [0.4, 0.5) is 34.1 Å². The van der Waals surface area contributed by atoms with Gasteiger partial charge in [0.1, 0.15) is 0 Å². The van der Waals surface area contributed by atoms with E-state index in [4.69, 9.17) is 0 Å². The van der Waals surface area contributed by atoms with Crippen molar-refractivity contribution in [3.05, 3.63) is 357 Å². The average molecular weight is 1260 g/mol. The van der Waals surface area contributed by atoms with Gasteiger partial charge in [-0.2, -0.15) is 0 Å². The first-order chi connectivity index (χ1) is 48.8. The molecule has 99 heavy (non-hydrogen) atoms. The van der Waals surface area contributed by atoms with Crippen molar-refractivity contribution < 1.29 is 0 Å². The fourth-order valence-electron chi connectivity index (χ4n) is 16.3. The van der Waals surface area contributed by atoms with Crippen LogP contribution in [0.15, 0.2) is 352 Å². The number of nitrogens with zero attached hydrogens (tertiary/aromatic N) is 4. The number of rotatable bonds is 10. The van der Waals surface area contributed by atoms with Gasteiger partial charge in [-0.3, -0.25) is 0 Å². The molecule has 0 unspecified atom stereocenters. The van der Waals surface area contributed by atoms with Crippen LogP contribution in [-0.4, -0.2) is 15.8 Å². The van der Waals surface area contributed by atoms with Crippen molar-refractivity contribution in [1.29, 1.82) is 0 Å². The summed E-state index contributed by atoms with van der Waals surface area (Å²) in [5.74, 6) is 0. The highest BCUT2D eigenvalue weighted by molar-refractivity contribution is 7.00. The zero-order valence-electron chi connectivity index (χ0n) is 55.4. The molecule has 0 amide bonds. The van der Waals surface area contributed by atoms with E-state index in [0.29, 0.717) is 0 Å². The molecule has 4 nitrogen and oxygen atoms in total. The number of fused-ring (bicyclic) bond motifs is 10. The number of anilines is 6. The second-order valence-corrected chi connectivity index (χ2v) is 27.5. The van der Waals surface area contributed by atoms with Crippen molar-refractivity contribution in [3.8, 4) is 78.1 Å². The fraction of sp³-hybridized carbons (Fsp3) is 0.0426. The lowest BCUT2D eigenvalue weighted by atomic mass is 9.33. The quantitative estimate of drug-likeness (QED) is 0.127. The number of aromatic nitrogens is 2. The molecular formula is C94H67BN4. The highest BCUT2D eigenvalue weighted by atomic mass is 15.2. The van der Waals surface area contributed by atoms with Crippen molar-refractivity contribution >= 4 is 101 Å². The maximum absolute atomic E-state index is 2.70. The first kappa shape index (κ1) is 58.0. The minimum atomic E-state index is -0.327. The third kappa shape index (κ3) is 9.44. The second kappa shape index (κ2) is 23.2. The SMILES string of the molecule is CC(C)(C)c1cc2c3c(c1)N(c1c(-c4ccccc4)cccc1-c1cccc(-c4ccccc4)c1)c1cc(-n4c5ccccc5c5ccccc54)ccc1B3c1ccc(-n3c4ccccc4c4ccccc43)cc1N2c1c(-c2ccccc2)cccc1-c1cccc(-c2ccccc2)c1. The van der Waals surface area contributed by atoms with Crippen molar-refractivity contribution in [1.82, 2.24) is 9.13 Å². The van der Waals surface area contributed by atoms with Gasteiger partial charge in [0.2, 0.25) is 0 Å². The van der Waals surface area contributed by atoms with Crippen LogP contribution in [0.2, 0.25) is 0 Å². The molecule has 2 aromatic heterocycles. The molecule has 2 aliphatic rings. The van der Waals surface area contributed by atoms with Crippen LogP contribution >= 0.6 is 0 Å². The zero-order chi connectivity index (χ0) is 65.9. The van der Waals surface area contributed by atoms with Gasteiger partial charge in [-0.1, -0.05) is 300 Å². The topological polar surface area (TPSA) is 16.3 Å². The van der Waals surface area contributed by atoms with Crippen molar-refractivity contribution in [2.24, 2.45) is 0 Å². The summed E-state index contributed by atoms with van der Waals surface area (Å²) in [5, 5.41) is 4.91. The Morgan fingerprint density at radius 3 is 0.909 bits per heavy atom. The molecule has 15 aromatic carbocycles. The first-order valence-corrected chi connectivity index (χ1v) is 34.5. The maximum Gasteiger partial charge on any atom is 0.252 e. The maximum atomic E-state index is 2.70. The summed E-state index contributed by atoms with van der Waals surface area (Å²) >= 11 is 0. The standard InChI is InChI=1S/C94H67BN4/c1-94(2,3)70-58-89-91-90(59-70)99(93-74(65-34-14-7-15-35-65)45-27-47-76(93)69-39-25-37-67(57-69)63-30-10-5-11-31-63)88-61-72(97-85-50-22-18-42-79(85)80-43-19-23-51-86(80)97)53-55-82(88)95(91)81-54-52-71(96-83-48-20-16-40-77(83)78-41-17-21-49-84(78)96)60-87(81)98(89)92-73(64-32-12-6-13-33-64)44-26-46-75(92)68-38-24-36-66(56-68)62-28-8-4-9-29-62/h4-61H,1-3H3. The number of hydrogen-bond acceptors (Lipinski definition) is 2. The van der Waals surface area contributed by atoms with E-state index in [-0.39, 0.29) is 12.1 Å². The Bertz CT molecular complexity index is 5570. The Morgan fingerprint density at radius 1 is 0.242 bits per heavy atom. The Kier molecular flexibility index (Phi) is 13.6. The summed E-state index contributed by atoms with van der Waals surface area (Å²) in [7, 11) is 0. The highest BCUT2D eigenvalue weighted by Crippen LogP contribution is 2.55. The van der Waals surface area contributed by atoms with Crippen LogP contribution in [0.25, 0.3) is 122 Å². The molecule has 2 aliphatic heterocycles. The zero-order valence-corrected chi connectivity index (χ0v) is 55.4. The van der Waals surface area contributed by atoms with Crippen LogP contribution in [0.3, 0.4) is 0 Å². The summed E-state index contributed by atoms with van der Waals surface area (Å²) in [6.45, 7) is 6.93. The van der Waals surface area contributed by atoms with Gasteiger partial charge in [-0.25, -0.2) is 0 Å². The van der Waals surface area contributed by atoms with Gasteiger partial charge in [0.25, 0.3) is 6.71 Å². The van der Waals surface area contributed by atoms with Crippen LogP contribution in [0, 0.1) is 0 Å². The Balaban J connectivity index is 0.974. The molecule has 0 atom stereocenters. The average Bonchev–Trinajstić information content (AvgIpc) is 0.811. The molecule has 0 saturated carbocycles. The summed E-state index contributed by atoms with van der Waals surface area (Å²) in [6, 6.07) is 132. The Labute approximate surface area is 577 Å². The van der Waals surface area contributed by atoms with Gasteiger partial charge in [-0.15, -0.1) is 0 Å². The molecule has 19 rings (SSSR count). The van der Waals surface area contributed by atoms with Gasteiger partial charge in [0, 0.05) is 77.9 Å². The Hall–Kier alpha value is -12.4. The monoisotopic (exact) mass is 1260 g/mol. The molecule has 0 N–H and O–H groups in total. The van der Waals surface area contributed by atoms with E-state index in [1.165, 1.54) is 87.8 Å². The lowest BCUT2D eigenvalue weighted by Crippen LogP contribution is -2.61. The van der Waals surface area contributed by atoms with E-state index >= 15 is 0 Å². The minimum absolute atomic E-state index is 0.233. The summed E-state index contributed by atoms with van der Waals surface area (Å²) in [6.07, 6.45) is 0. The smallest absolute Gasteiger partial charge is 0.252 e. The Morgan fingerprint density at radius 2 is 0.545 bits per heavy atom. The molecule has 466 valence electrons. The largest absolute Gasteiger partial charge is 0.310 e. The molecule has 0 saturated heterocycles. The van der Waals surface area contributed by atoms with E-state index in [2.05, 4.69) is 392 Å². The molecule has 0 aliphatic carbocycles. The lowest BCUT2D eigenvalue weighted by molar-refractivity contribution is 0.590. The molecule has 5 heteroatoms. The predicted molar refractivity (Wildman–Crippen MR) is 420 cm³/mol. The third-order valence-electron chi connectivity index (χ3n) is 20.8. The van der Waals surface area contributed by atoms with Crippen molar-refractivity contribution in [2.75, 3.05) is 9.80 Å². The number of hydrogen-bond donors (Lipinski definition) is 0. The minimum Gasteiger partial charge on any atom is -0.310 e. The summed E-state index contributed by atoms with van der Waals surface area (Å²) < 4.78 is 4.98. The van der Waals surface area contributed by atoms with Gasteiger partial charge in [0.15, 0.2) is 0 Å². The number of benzene rings is 15. The fourth-order valence-corrected chi connectivity index (χ4v) is 16.3. The molecule has 0 spiro atoms. The van der Waals surface area contributed by atoms with Gasteiger partial charge < -0.3 is 18.9 Å². The van der Waals surface area contributed by atoms with E-state index in [1.807, 2.05) is 0 Å². The molecule has 4 heterocycles. The summed E-state index contributed by atoms with van der Waals surface area (Å²) in [5.41, 5.74) is 32.0. The second-order valence-electron chi connectivity index (χ2n) is 27.5. The van der Waals surface area contributed by atoms with E-state index < -0.39 is 0 Å². The number of para-hydroxylation sites is 6. The van der Waals surface area contributed by atoms with Crippen LogP contribution in [-0.2, 0) is 5.41 Å². The van der Waals surface area contributed by atoms with Gasteiger partial charge >= 0.3 is 0 Å². The normalized spacial score (nSPS) is 12.5. The first-order valence-electron chi connectivity index (χ1n) is 34.5. The molecule has 0 bridgehead atoms. The van der Waals surface area contributed by atoms with Crippen LogP contribution < -0.4 is 26.2 Å². The summed E-state index contributed by atoms with van der Waals surface area (Å²) in [4.78, 5) is 5.40. The van der Waals surface area contributed by atoms with E-state index in [1.54, 1.807) is 0 Å². The predicted octanol–water partition coefficient (Wildman–Crippen LogP) is 23.3. The van der Waals surface area contributed by atoms with Crippen molar-refractivity contribution in [3.63, 3.8) is 0 Å². The molecular weight excluding hydrogens is 1200 g/mol. The van der Waals surface area contributed by atoms with Gasteiger partial charge in [0.05, 0.1) is 33.4 Å². The highest BCUT2D eigenvalue weighted by Gasteiger charge is 2.46. The van der Waals surface area contributed by atoms with Crippen LogP contribution in [0.1, 0.15) is 26.3 Å². The molecule has 17 aromatic rings. The molecule has 0 fully saturated rings. The van der Waals surface area contributed by atoms with E-state index in [9.17, 15) is 0 Å².